The molecule has 0 amide bonds. The summed E-state index contributed by atoms with van der Waals surface area (Å²) < 4.78 is 7.22. The molecule has 9 heteroatoms. The van der Waals surface area contributed by atoms with E-state index in [1.165, 1.54) is 11.8 Å². The summed E-state index contributed by atoms with van der Waals surface area (Å²) in [5, 5.41) is 14.4. The number of nitrogens with zero attached hydrogens (tertiary/aromatic N) is 5. The molecule has 0 fully saturated rings. The van der Waals surface area contributed by atoms with Gasteiger partial charge in [-0.1, -0.05) is 54.0 Å². The summed E-state index contributed by atoms with van der Waals surface area (Å²) in [6, 6.07) is 5.37. The van der Waals surface area contributed by atoms with Gasteiger partial charge in [0.25, 0.3) is 0 Å². The van der Waals surface area contributed by atoms with Crippen molar-refractivity contribution < 1.29 is 4.52 Å². The Morgan fingerprint density at radius 1 is 1.24 bits per heavy atom. The molecule has 0 aliphatic carbocycles. The summed E-state index contributed by atoms with van der Waals surface area (Å²) >= 11 is 13.9. The first kappa shape index (κ1) is 18.2. The molecule has 0 bridgehead atoms. The molecule has 0 aliphatic heterocycles. The third-order valence-corrected chi connectivity index (χ3v) is 4.83. The van der Waals surface area contributed by atoms with Crippen LogP contribution in [-0.2, 0) is 12.3 Å². The van der Waals surface area contributed by atoms with Gasteiger partial charge >= 0.3 is 0 Å². The number of aromatic nitrogens is 5. The zero-order chi connectivity index (χ0) is 18.0. The topological polar surface area (TPSA) is 69.6 Å². The second-order valence-corrected chi connectivity index (χ2v) is 7.74. The van der Waals surface area contributed by atoms with Crippen molar-refractivity contribution >= 4 is 35.0 Å². The Balaban J connectivity index is 1.92. The summed E-state index contributed by atoms with van der Waals surface area (Å²) in [6.07, 6.45) is 0. The lowest BCUT2D eigenvalue weighted by Gasteiger charge is -2.13. The first-order valence-corrected chi connectivity index (χ1v) is 9.49. The van der Waals surface area contributed by atoms with E-state index in [-0.39, 0.29) is 0 Å². The summed E-state index contributed by atoms with van der Waals surface area (Å²) in [6.45, 7) is 6.85. The highest BCUT2D eigenvalue weighted by Gasteiger charge is 2.18. The standard InChI is InChI=1S/C16H17Cl2N5OS/c1-9(2)7-23-15(12-5-4-11(17)6-13(12)18)20-21-16(23)25-8-14-19-10(3)22-24-14/h4-6,9H,7-8H2,1-3H3. The molecule has 0 saturated carbocycles. The zero-order valence-corrected chi connectivity index (χ0v) is 16.4. The van der Waals surface area contributed by atoms with Crippen molar-refractivity contribution in [3.05, 3.63) is 40.0 Å². The molecule has 0 saturated heterocycles. The van der Waals surface area contributed by atoms with E-state index in [4.69, 9.17) is 27.7 Å². The average Bonchev–Trinajstić information content (AvgIpc) is 3.12. The molecule has 3 rings (SSSR count). The second-order valence-electron chi connectivity index (χ2n) is 5.96. The van der Waals surface area contributed by atoms with E-state index < -0.39 is 0 Å². The van der Waals surface area contributed by atoms with Gasteiger partial charge < -0.3 is 9.09 Å². The quantitative estimate of drug-likeness (QED) is 0.551. The molecule has 0 spiro atoms. The van der Waals surface area contributed by atoms with Crippen LogP contribution in [0.4, 0.5) is 0 Å². The van der Waals surface area contributed by atoms with Gasteiger partial charge in [0, 0.05) is 17.1 Å². The van der Waals surface area contributed by atoms with Crippen LogP contribution in [0.5, 0.6) is 0 Å². The number of halogens is 2. The third-order valence-electron chi connectivity index (χ3n) is 3.33. The highest BCUT2D eigenvalue weighted by atomic mass is 35.5. The predicted molar refractivity (Wildman–Crippen MR) is 98.9 cm³/mol. The van der Waals surface area contributed by atoms with E-state index in [0.717, 1.165) is 23.1 Å². The molecule has 1 aromatic carbocycles. The highest BCUT2D eigenvalue weighted by Crippen LogP contribution is 2.32. The fourth-order valence-corrected chi connectivity index (χ4v) is 3.60. The molecule has 3 aromatic rings. The molecule has 132 valence electrons. The number of hydrogen-bond acceptors (Lipinski definition) is 6. The lowest BCUT2D eigenvalue weighted by Crippen LogP contribution is -2.08. The molecule has 0 N–H and O–H groups in total. The molecular formula is C16H17Cl2N5OS. The maximum atomic E-state index is 6.35. The Morgan fingerprint density at radius 3 is 2.68 bits per heavy atom. The minimum atomic E-state index is 0.422. The van der Waals surface area contributed by atoms with Crippen LogP contribution in [0.3, 0.4) is 0 Å². The highest BCUT2D eigenvalue weighted by molar-refractivity contribution is 7.98. The molecular weight excluding hydrogens is 381 g/mol. The van der Waals surface area contributed by atoms with Crippen LogP contribution in [0.1, 0.15) is 25.6 Å². The summed E-state index contributed by atoms with van der Waals surface area (Å²) in [4.78, 5) is 4.21. The van der Waals surface area contributed by atoms with Crippen LogP contribution in [0.2, 0.25) is 10.0 Å². The monoisotopic (exact) mass is 397 g/mol. The van der Waals surface area contributed by atoms with Gasteiger partial charge in [-0.2, -0.15) is 4.98 Å². The van der Waals surface area contributed by atoms with Gasteiger partial charge in [0.05, 0.1) is 10.8 Å². The van der Waals surface area contributed by atoms with Crippen molar-refractivity contribution in [1.82, 2.24) is 24.9 Å². The number of thioether (sulfide) groups is 1. The summed E-state index contributed by atoms with van der Waals surface area (Å²) in [5.74, 6) is 2.86. The predicted octanol–water partition coefficient (Wildman–Crippen LogP) is 4.89. The smallest absolute Gasteiger partial charge is 0.237 e. The molecule has 2 aromatic heterocycles. The van der Waals surface area contributed by atoms with Crippen molar-refractivity contribution in [2.24, 2.45) is 5.92 Å². The van der Waals surface area contributed by atoms with Crippen molar-refractivity contribution in [3.63, 3.8) is 0 Å². The molecule has 0 unspecified atom stereocenters. The van der Waals surface area contributed by atoms with E-state index >= 15 is 0 Å². The van der Waals surface area contributed by atoms with Crippen molar-refractivity contribution in [1.29, 1.82) is 0 Å². The van der Waals surface area contributed by atoms with E-state index in [1.54, 1.807) is 19.1 Å². The first-order chi connectivity index (χ1) is 11.9. The van der Waals surface area contributed by atoms with Crippen molar-refractivity contribution in [2.45, 2.75) is 38.2 Å². The maximum Gasteiger partial charge on any atom is 0.237 e. The SMILES string of the molecule is Cc1noc(CSc2nnc(-c3ccc(Cl)cc3Cl)n2CC(C)C)n1. The molecule has 0 radical (unpaired) electrons. The van der Waals surface area contributed by atoms with Crippen molar-refractivity contribution in [3.8, 4) is 11.4 Å². The Morgan fingerprint density at radius 2 is 2.04 bits per heavy atom. The van der Waals surface area contributed by atoms with Gasteiger partial charge in [-0.25, -0.2) is 0 Å². The van der Waals surface area contributed by atoms with Crippen LogP contribution >= 0.6 is 35.0 Å². The second kappa shape index (κ2) is 7.76. The normalized spacial score (nSPS) is 11.4. The van der Waals surface area contributed by atoms with Gasteiger partial charge in [0.1, 0.15) is 0 Å². The number of hydrogen-bond donors (Lipinski definition) is 0. The van der Waals surface area contributed by atoms with Gasteiger partial charge in [-0.15, -0.1) is 10.2 Å². The van der Waals surface area contributed by atoms with Crippen LogP contribution in [0, 0.1) is 12.8 Å². The molecule has 0 atom stereocenters. The van der Waals surface area contributed by atoms with Crippen LogP contribution in [0.25, 0.3) is 11.4 Å². The summed E-state index contributed by atoms with van der Waals surface area (Å²) in [5.41, 5.74) is 0.805. The molecule has 0 aliphatic rings. The fourth-order valence-electron chi connectivity index (χ4n) is 2.32. The molecule has 6 nitrogen and oxygen atoms in total. The Labute approximate surface area is 159 Å². The fraction of sp³-hybridized carbons (Fsp3) is 0.375. The maximum absolute atomic E-state index is 6.35. The number of aryl methyl sites for hydroxylation is 1. The van der Waals surface area contributed by atoms with Gasteiger partial charge in [0.2, 0.25) is 5.89 Å². The molecule has 2 heterocycles. The van der Waals surface area contributed by atoms with Gasteiger partial charge in [-0.3, -0.25) is 0 Å². The van der Waals surface area contributed by atoms with E-state index in [9.17, 15) is 0 Å². The van der Waals surface area contributed by atoms with Gasteiger partial charge in [0.15, 0.2) is 16.8 Å². The minimum Gasteiger partial charge on any atom is -0.338 e. The average molecular weight is 398 g/mol. The Hall–Kier alpha value is -1.57. The van der Waals surface area contributed by atoms with Crippen LogP contribution < -0.4 is 0 Å². The lowest BCUT2D eigenvalue weighted by atomic mass is 10.2. The van der Waals surface area contributed by atoms with E-state index in [0.29, 0.717) is 33.4 Å². The van der Waals surface area contributed by atoms with Crippen LogP contribution in [-0.4, -0.2) is 24.9 Å². The van der Waals surface area contributed by atoms with E-state index in [1.807, 2.05) is 6.07 Å². The Kier molecular flexibility index (Phi) is 5.66. The number of benzene rings is 1. The zero-order valence-electron chi connectivity index (χ0n) is 14.0. The lowest BCUT2D eigenvalue weighted by molar-refractivity contribution is 0.387. The first-order valence-electron chi connectivity index (χ1n) is 7.74. The summed E-state index contributed by atoms with van der Waals surface area (Å²) in [7, 11) is 0. The largest absolute Gasteiger partial charge is 0.338 e. The van der Waals surface area contributed by atoms with Gasteiger partial charge in [-0.05, 0) is 31.0 Å². The van der Waals surface area contributed by atoms with Crippen LogP contribution in [0.15, 0.2) is 27.9 Å². The van der Waals surface area contributed by atoms with Crippen molar-refractivity contribution in [2.75, 3.05) is 0 Å². The van der Waals surface area contributed by atoms with E-state index in [2.05, 4.69) is 38.8 Å². The number of rotatable bonds is 6. The molecule has 25 heavy (non-hydrogen) atoms. The Bertz CT molecular complexity index is 877. The third kappa shape index (κ3) is 4.34. The minimum absolute atomic E-state index is 0.422.